The lowest BCUT2D eigenvalue weighted by Gasteiger charge is -2.29. The second kappa shape index (κ2) is 37.6. The smallest absolute Gasteiger partial charge is 0.268 e. The number of unbranched alkanes of at least 4 members (excludes halogenated alkanes) is 26. The molecule has 2 N–H and O–H groups in total. The Bertz CT molecular complexity index is 938. The van der Waals surface area contributed by atoms with Crippen LogP contribution in [0.1, 0.15) is 206 Å². The van der Waals surface area contributed by atoms with Crippen LogP contribution in [0, 0.1) is 0 Å². The Morgan fingerprint density at radius 2 is 1.04 bits per heavy atom. The van der Waals surface area contributed by atoms with Gasteiger partial charge >= 0.3 is 0 Å². The van der Waals surface area contributed by atoms with Gasteiger partial charge in [0, 0.05) is 6.42 Å². The van der Waals surface area contributed by atoms with E-state index >= 15 is 0 Å². The van der Waals surface area contributed by atoms with Gasteiger partial charge in [-0.2, -0.15) is 0 Å². The van der Waals surface area contributed by atoms with Crippen molar-refractivity contribution in [3.05, 3.63) is 24.3 Å². The number of likely N-dealkylation sites (N-methyl/N-ethyl adjacent to an activating group) is 1. The zero-order valence-electron chi connectivity index (χ0n) is 36.2. The van der Waals surface area contributed by atoms with Crippen LogP contribution >= 0.6 is 7.82 Å². The molecule has 9 heteroatoms. The third kappa shape index (κ3) is 39.2. The third-order valence-corrected chi connectivity index (χ3v) is 11.1. The summed E-state index contributed by atoms with van der Waals surface area (Å²) in [6, 6.07) is -0.897. The summed E-state index contributed by atoms with van der Waals surface area (Å²) in [6.07, 6.45) is 43.6. The molecule has 0 rings (SSSR count). The van der Waals surface area contributed by atoms with Gasteiger partial charge in [-0.05, 0) is 32.1 Å². The number of carbonyl (C=O) groups excluding carboxylic acids is 1. The van der Waals surface area contributed by atoms with Gasteiger partial charge in [-0.15, -0.1) is 0 Å². The maximum atomic E-state index is 12.8. The molecule has 0 aromatic heterocycles. The Labute approximate surface area is 334 Å². The lowest BCUT2D eigenvalue weighted by atomic mass is 10.0. The standard InChI is InChI=1S/C45H89N2O6P/c1-6-8-10-12-14-16-18-20-22-23-25-27-29-31-33-35-37-39-45(49)46-43(42-53-54(50,51)52-41-40-47(3,4)5)44(48)38-36-34-32-30-28-26-24-21-19-17-15-13-11-9-7-2/h28,30,36,38,43-44,48H,6-27,29,31-35,37,39-42H2,1-5H3,(H-,46,49,50,51)/b30-28+,38-36+. The van der Waals surface area contributed by atoms with Crippen LogP contribution in [-0.2, 0) is 18.4 Å². The summed E-state index contributed by atoms with van der Waals surface area (Å²) in [5.41, 5.74) is 0. The molecule has 54 heavy (non-hydrogen) atoms. The zero-order valence-corrected chi connectivity index (χ0v) is 37.1. The van der Waals surface area contributed by atoms with Gasteiger partial charge < -0.3 is 28.8 Å². The number of aliphatic hydroxyl groups excluding tert-OH is 1. The average Bonchev–Trinajstić information content (AvgIpc) is 3.12. The van der Waals surface area contributed by atoms with E-state index in [4.69, 9.17) is 9.05 Å². The summed E-state index contributed by atoms with van der Waals surface area (Å²) in [4.78, 5) is 25.3. The fourth-order valence-corrected chi connectivity index (χ4v) is 7.24. The van der Waals surface area contributed by atoms with Crippen molar-refractivity contribution in [3.63, 3.8) is 0 Å². The number of phosphoric ester groups is 1. The van der Waals surface area contributed by atoms with Gasteiger partial charge in [-0.1, -0.05) is 192 Å². The summed E-state index contributed by atoms with van der Waals surface area (Å²) < 4.78 is 23.2. The number of carbonyl (C=O) groups is 1. The molecule has 0 aliphatic carbocycles. The first-order valence-corrected chi connectivity index (χ1v) is 24.2. The molecule has 1 amide bonds. The summed E-state index contributed by atoms with van der Waals surface area (Å²) in [7, 11) is 1.25. The molecule has 3 unspecified atom stereocenters. The fraction of sp³-hybridized carbons (Fsp3) is 0.889. The quantitative estimate of drug-likeness (QED) is 0.0277. The largest absolute Gasteiger partial charge is 0.756 e. The Kier molecular flexibility index (Phi) is 36.8. The third-order valence-electron chi connectivity index (χ3n) is 10.2. The SMILES string of the molecule is CCCCCCCCCCC/C=C/CC/C=C/C(O)C(COP(=O)([O-])OCC[N+](C)(C)C)NC(=O)CCCCCCCCCCCCCCCCCCC. The molecule has 8 nitrogen and oxygen atoms in total. The molecular weight excluding hydrogens is 695 g/mol. The van der Waals surface area contributed by atoms with E-state index in [-0.39, 0.29) is 19.1 Å². The Hall–Kier alpha value is -1.02. The maximum Gasteiger partial charge on any atom is 0.268 e. The molecule has 3 atom stereocenters. The van der Waals surface area contributed by atoms with Gasteiger partial charge in [0.15, 0.2) is 0 Å². The van der Waals surface area contributed by atoms with Crippen LogP contribution in [0.4, 0.5) is 0 Å². The van der Waals surface area contributed by atoms with E-state index in [1.54, 1.807) is 6.08 Å². The molecule has 0 heterocycles. The number of hydrogen-bond acceptors (Lipinski definition) is 6. The first-order valence-electron chi connectivity index (χ1n) is 22.7. The number of aliphatic hydroxyl groups is 1. The van der Waals surface area contributed by atoms with Gasteiger partial charge in [0.1, 0.15) is 13.2 Å². The van der Waals surface area contributed by atoms with E-state index < -0.39 is 20.0 Å². The number of allylic oxidation sites excluding steroid dienone is 3. The highest BCUT2D eigenvalue weighted by Gasteiger charge is 2.23. The molecule has 0 aliphatic heterocycles. The number of phosphoric acid groups is 1. The van der Waals surface area contributed by atoms with Gasteiger partial charge in [-0.25, -0.2) is 0 Å². The van der Waals surface area contributed by atoms with Crippen LogP contribution < -0.4 is 10.2 Å². The molecule has 0 saturated carbocycles. The topological polar surface area (TPSA) is 108 Å². The van der Waals surface area contributed by atoms with Crippen molar-refractivity contribution in [1.29, 1.82) is 0 Å². The van der Waals surface area contributed by atoms with Crippen LogP contribution in [0.15, 0.2) is 24.3 Å². The summed E-state index contributed by atoms with van der Waals surface area (Å²) in [6.45, 7) is 4.63. The molecule has 0 spiro atoms. The second-order valence-corrected chi connectivity index (χ2v) is 18.2. The van der Waals surface area contributed by atoms with E-state index in [1.165, 1.54) is 148 Å². The van der Waals surface area contributed by atoms with Crippen molar-refractivity contribution in [2.45, 2.75) is 219 Å². The first kappa shape index (κ1) is 53.0. The molecule has 0 aliphatic rings. The van der Waals surface area contributed by atoms with Crippen LogP contribution in [-0.4, -0.2) is 68.5 Å². The number of quaternary nitrogens is 1. The van der Waals surface area contributed by atoms with E-state index in [0.717, 1.165) is 38.5 Å². The van der Waals surface area contributed by atoms with E-state index in [1.807, 2.05) is 27.2 Å². The van der Waals surface area contributed by atoms with Crippen LogP contribution in [0.3, 0.4) is 0 Å². The minimum Gasteiger partial charge on any atom is -0.756 e. The molecule has 320 valence electrons. The predicted octanol–water partition coefficient (Wildman–Crippen LogP) is 11.9. The summed E-state index contributed by atoms with van der Waals surface area (Å²) in [5, 5.41) is 13.8. The molecule has 0 radical (unpaired) electrons. The first-order chi connectivity index (χ1) is 26.0. The van der Waals surface area contributed by atoms with E-state index in [9.17, 15) is 19.4 Å². The van der Waals surface area contributed by atoms with Gasteiger partial charge in [-0.3, -0.25) is 9.36 Å². The van der Waals surface area contributed by atoms with Crippen molar-refractivity contribution in [3.8, 4) is 0 Å². The lowest BCUT2D eigenvalue weighted by Crippen LogP contribution is -2.45. The summed E-state index contributed by atoms with van der Waals surface area (Å²) >= 11 is 0. The zero-order chi connectivity index (χ0) is 40.0. The second-order valence-electron chi connectivity index (χ2n) is 16.8. The monoisotopic (exact) mass is 785 g/mol. The molecule has 0 aromatic carbocycles. The van der Waals surface area contributed by atoms with E-state index in [2.05, 4.69) is 31.3 Å². The van der Waals surface area contributed by atoms with Crippen molar-refractivity contribution in [2.75, 3.05) is 40.9 Å². The average molecular weight is 785 g/mol. The van der Waals surface area contributed by atoms with Gasteiger partial charge in [0.2, 0.25) is 5.91 Å². The summed E-state index contributed by atoms with van der Waals surface area (Å²) in [5.74, 6) is -0.205. The minimum absolute atomic E-state index is 0.00425. The number of nitrogens with zero attached hydrogens (tertiary/aromatic N) is 1. The van der Waals surface area contributed by atoms with Crippen molar-refractivity contribution < 1.29 is 32.9 Å². The predicted molar refractivity (Wildman–Crippen MR) is 228 cm³/mol. The van der Waals surface area contributed by atoms with Crippen molar-refractivity contribution >= 4 is 13.7 Å². The minimum atomic E-state index is -4.59. The molecule has 0 aromatic rings. The van der Waals surface area contributed by atoms with Crippen molar-refractivity contribution in [1.82, 2.24) is 5.32 Å². The normalized spacial score (nSPS) is 14.6. The van der Waals surface area contributed by atoms with Crippen LogP contribution in [0.5, 0.6) is 0 Å². The van der Waals surface area contributed by atoms with Gasteiger partial charge in [0.05, 0.1) is 39.9 Å². The number of rotatable bonds is 41. The number of nitrogens with one attached hydrogen (secondary N) is 1. The highest BCUT2D eigenvalue weighted by molar-refractivity contribution is 7.45. The molecule has 0 bridgehead atoms. The lowest BCUT2D eigenvalue weighted by molar-refractivity contribution is -0.870. The molecular formula is C45H89N2O6P. The highest BCUT2D eigenvalue weighted by Crippen LogP contribution is 2.38. The van der Waals surface area contributed by atoms with Crippen molar-refractivity contribution in [2.24, 2.45) is 0 Å². The molecule has 0 fully saturated rings. The number of amides is 1. The fourth-order valence-electron chi connectivity index (χ4n) is 6.52. The molecule has 0 saturated heterocycles. The Morgan fingerprint density at radius 1 is 0.630 bits per heavy atom. The van der Waals surface area contributed by atoms with Gasteiger partial charge in [0.25, 0.3) is 7.82 Å². The van der Waals surface area contributed by atoms with Crippen LogP contribution in [0.25, 0.3) is 0 Å². The maximum absolute atomic E-state index is 12.8. The van der Waals surface area contributed by atoms with E-state index in [0.29, 0.717) is 17.4 Å². The van der Waals surface area contributed by atoms with Crippen LogP contribution in [0.2, 0.25) is 0 Å². The Balaban J connectivity index is 4.43. The number of hydrogen-bond donors (Lipinski definition) is 2. The highest BCUT2D eigenvalue weighted by atomic mass is 31.2. The Morgan fingerprint density at radius 3 is 1.50 bits per heavy atom.